The van der Waals surface area contributed by atoms with Crippen molar-refractivity contribution in [3.05, 3.63) is 188 Å². The Hall–Kier alpha value is -6.84. The molecule has 0 radical (unpaired) electrons. The molecule has 0 saturated heterocycles. The summed E-state index contributed by atoms with van der Waals surface area (Å²) < 4.78 is 0. The molecule has 1 aliphatic rings. The molecule has 1 aliphatic carbocycles. The number of aromatic nitrogens is 2. The van der Waals surface area contributed by atoms with Crippen LogP contribution in [-0.2, 0) is 0 Å². The van der Waals surface area contributed by atoms with E-state index in [1.165, 1.54) is 71.6 Å². The molecule has 0 bridgehead atoms. The van der Waals surface area contributed by atoms with Crippen molar-refractivity contribution in [3.8, 4) is 55.6 Å². The lowest BCUT2D eigenvalue weighted by Crippen LogP contribution is -2.11. The molecule has 0 atom stereocenters. The third-order valence-electron chi connectivity index (χ3n) is 10.1. The summed E-state index contributed by atoms with van der Waals surface area (Å²) in [5, 5.41) is 5.08. The van der Waals surface area contributed by atoms with E-state index in [2.05, 4.69) is 174 Å². The molecule has 1 heterocycles. The van der Waals surface area contributed by atoms with Gasteiger partial charge in [-0.3, -0.25) is 9.88 Å². The number of hydrogen-bond acceptors (Lipinski definition) is 3. The van der Waals surface area contributed by atoms with Crippen LogP contribution >= 0.6 is 0 Å². The number of nitrogens with zero attached hydrogens (tertiary/aromatic N) is 3. The predicted octanol–water partition coefficient (Wildman–Crippen LogP) is 12.9. The van der Waals surface area contributed by atoms with Crippen LogP contribution in [0, 0.1) is 0 Å². The summed E-state index contributed by atoms with van der Waals surface area (Å²) in [7, 11) is 0. The Bertz CT molecular complexity index is 2590. The van der Waals surface area contributed by atoms with Crippen LogP contribution in [0.15, 0.2) is 188 Å². The van der Waals surface area contributed by atoms with Gasteiger partial charge in [-0.2, -0.15) is 0 Å². The summed E-state index contributed by atoms with van der Waals surface area (Å²) in [5.41, 5.74) is 14.6. The predicted molar refractivity (Wildman–Crippen MR) is 212 cm³/mol. The fourth-order valence-electron chi connectivity index (χ4n) is 8.07. The molecule has 238 valence electrons. The molecule has 0 spiro atoms. The molecule has 1 aromatic heterocycles. The molecule has 51 heavy (non-hydrogen) atoms. The second-order valence-electron chi connectivity index (χ2n) is 13.0. The minimum atomic E-state index is 0.769. The Labute approximate surface area is 296 Å². The van der Waals surface area contributed by atoms with Crippen LogP contribution in [0.5, 0.6) is 0 Å². The van der Waals surface area contributed by atoms with Gasteiger partial charge in [0.15, 0.2) is 5.82 Å². The summed E-state index contributed by atoms with van der Waals surface area (Å²) >= 11 is 0. The first kappa shape index (κ1) is 29.1. The van der Waals surface area contributed by atoms with Crippen molar-refractivity contribution in [2.45, 2.75) is 0 Å². The molecule has 3 heteroatoms. The standard InChI is InChI=1S/C48H31N3/c1-4-14-32(15-5-1)44-39-22-10-11-23-40(39)45(33-16-6-2-7-17-33)48-42-27-26-37(38-24-13-25-41(46(38)42)47(44)48)34-18-12-21-36(30-34)51(35-19-8-3-9-20-35)43-31-49-28-29-50-43/h1-31H. The van der Waals surface area contributed by atoms with Crippen molar-refractivity contribution in [1.29, 1.82) is 0 Å². The fourth-order valence-corrected chi connectivity index (χ4v) is 8.07. The van der Waals surface area contributed by atoms with Gasteiger partial charge in [0, 0.05) is 23.8 Å². The van der Waals surface area contributed by atoms with Crippen LogP contribution in [-0.4, -0.2) is 9.97 Å². The highest BCUT2D eigenvalue weighted by Gasteiger charge is 2.31. The Morgan fingerprint density at radius 1 is 0.373 bits per heavy atom. The second kappa shape index (κ2) is 11.9. The quantitative estimate of drug-likeness (QED) is 0.179. The van der Waals surface area contributed by atoms with Crippen LogP contribution in [0.2, 0.25) is 0 Å². The van der Waals surface area contributed by atoms with Gasteiger partial charge < -0.3 is 0 Å². The van der Waals surface area contributed by atoms with Gasteiger partial charge in [0.25, 0.3) is 0 Å². The van der Waals surface area contributed by atoms with Crippen molar-refractivity contribution >= 4 is 38.7 Å². The summed E-state index contributed by atoms with van der Waals surface area (Å²) in [6.07, 6.45) is 5.27. The van der Waals surface area contributed by atoms with Gasteiger partial charge in [-0.25, -0.2) is 4.98 Å². The van der Waals surface area contributed by atoms with Crippen LogP contribution in [0.1, 0.15) is 0 Å². The minimum absolute atomic E-state index is 0.769. The van der Waals surface area contributed by atoms with Crippen LogP contribution in [0.3, 0.4) is 0 Å². The molecule has 9 aromatic rings. The number of benzene rings is 8. The number of hydrogen-bond donors (Lipinski definition) is 0. The molecule has 10 rings (SSSR count). The van der Waals surface area contributed by atoms with E-state index in [1.54, 1.807) is 12.4 Å². The fraction of sp³-hybridized carbons (Fsp3) is 0. The summed E-state index contributed by atoms with van der Waals surface area (Å²) in [5.74, 6) is 0.769. The summed E-state index contributed by atoms with van der Waals surface area (Å²) in [6.45, 7) is 0. The molecule has 0 N–H and O–H groups in total. The maximum atomic E-state index is 4.69. The first-order valence-electron chi connectivity index (χ1n) is 17.3. The first-order chi connectivity index (χ1) is 25.3. The molecule has 0 fully saturated rings. The number of anilines is 3. The number of fused-ring (bicyclic) bond motifs is 4. The van der Waals surface area contributed by atoms with Crippen LogP contribution in [0.25, 0.3) is 77.2 Å². The molecule has 0 aliphatic heterocycles. The smallest absolute Gasteiger partial charge is 0.156 e. The van der Waals surface area contributed by atoms with Gasteiger partial charge in [0.2, 0.25) is 0 Å². The molecular weight excluding hydrogens is 619 g/mol. The number of para-hydroxylation sites is 1. The average molecular weight is 650 g/mol. The van der Waals surface area contributed by atoms with Gasteiger partial charge in [0.05, 0.1) is 6.20 Å². The van der Waals surface area contributed by atoms with E-state index in [1.807, 2.05) is 12.3 Å². The third-order valence-corrected chi connectivity index (χ3v) is 10.1. The van der Waals surface area contributed by atoms with E-state index in [0.29, 0.717) is 0 Å². The van der Waals surface area contributed by atoms with Crippen LogP contribution < -0.4 is 4.90 Å². The van der Waals surface area contributed by atoms with E-state index in [0.717, 1.165) is 22.8 Å². The highest BCUT2D eigenvalue weighted by atomic mass is 15.2. The van der Waals surface area contributed by atoms with Crippen molar-refractivity contribution in [3.63, 3.8) is 0 Å². The molecule has 3 nitrogen and oxygen atoms in total. The highest BCUT2D eigenvalue weighted by molar-refractivity contribution is 6.28. The number of rotatable bonds is 6. The van der Waals surface area contributed by atoms with Crippen molar-refractivity contribution in [2.75, 3.05) is 4.90 Å². The average Bonchev–Trinajstić information content (AvgIpc) is 3.53. The van der Waals surface area contributed by atoms with E-state index < -0.39 is 0 Å². The first-order valence-corrected chi connectivity index (χ1v) is 17.3. The maximum Gasteiger partial charge on any atom is 0.156 e. The Morgan fingerprint density at radius 2 is 0.902 bits per heavy atom. The zero-order valence-corrected chi connectivity index (χ0v) is 27.7. The Kier molecular flexibility index (Phi) is 6.81. The summed E-state index contributed by atoms with van der Waals surface area (Å²) in [4.78, 5) is 11.3. The lowest BCUT2D eigenvalue weighted by atomic mass is 9.82. The molecular formula is C48H31N3. The monoisotopic (exact) mass is 649 g/mol. The SMILES string of the molecule is c1ccc(-c2c3c(c(-c4ccccc4)c4ccccc24)-c2ccc(-c4cccc(N(c5ccccc5)c5cnccn5)c4)c4cccc-3c24)cc1. The van der Waals surface area contributed by atoms with Gasteiger partial charge in [-0.1, -0.05) is 146 Å². The maximum absolute atomic E-state index is 4.69. The lowest BCUT2D eigenvalue weighted by Gasteiger charge is -2.24. The topological polar surface area (TPSA) is 29.0 Å². The largest absolute Gasteiger partial charge is 0.294 e. The molecule has 0 unspecified atom stereocenters. The zero-order chi connectivity index (χ0) is 33.7. The Morgan fingerprint density at radius 3 is 1.55 bits per heavy atom. The van der Waals surface area contributed by atoms with Gasteiger partial charge in [-0.05, 0) is 101 Å². The minimum Gasteiger partial charge on any atom is -0.294 e. The molecule has 8 aromatic carbocycles. The molecule has 0 saturated carbocycles. The highest BCUT2D eigenvalue weighted by Crippen LogP contribution is 2.58. The van der Waals surface area contributed by atoms with Gasteiger partial charge >= 0.3 is 0 Å². The van der Waals surface area contributed by atoms with Gasteiger partial charge in [-0.15, -0.1) is 0 Å². The normalized spacial score (nSPS) is 11.5. The van der Waals surface area contributed by atoms with E-state index in [9.17, 15) is 0 Å². The van der Waals surface area contributed by atoms with E-state index >= 15 is 0 Å². The third kappa shape index (κ3) is 4.67. The van der Waals surface area contributed by atoms with Crippen LogP contribution in [0.4, 0.5) is 17.2 Å². The van der Waals surface area contributed by atoms with Gasteiger partial charge in [0.1, 0.15) is 0 Å². The molecule has 0 amide bonds. The lowest BCUT2D eigenvalue weighted by molar-refractivity contribution is 1.12. The van der Waals surface area contributed by atoms with Crippen molar-refractivity contribution in [1.82, 2.24) is 9.97 Å². The van der Waals surface area contributed by atoms with Crippen molar-refractivity contribution < 1.29 is 0 Å². The second-order valence-corrected chi connectivity index (χ2v) is 13.0. The zero-order valence-electron chi connectivity index (χ0n) is 27.7. The van der Waals surface area contributed by atoms with E-state index in [4.69, 9.17) is 4.98 Å². The van der Waals surface area contributed by atoms with E-state index in [-0.39, 0.29) is 0 Å². The summed E-state index contributed by atoms with van der Waals surface area (Å²) in [6, 6.07) is 61.4. The van der Waals surface area contributed by atoms with Crippen molar-refractivity contribution in [2.24, 2.45) is 0 Å². The Balaban J connectivity index is 1.24.